The van der Waals surface area contributed by atoms with E-state index in [-0.39, 0.29) is 24.6 Å². The predicted molar refractivity (Wildman–Crippen MR) is 52.4 cm³/mol. The number of halogens is 1. The fourth-order valence-electron chi connectivity index (χ4n) is 1.38. The number of morpholine rings is 1. The second-order valence-electron chi connectivity index (χ2n) is 3.27. The third-order valence-electron chi connectivity index (χ3n) is 1.98. The molecule has 80 valence electrons. The van der Waals surface area contributed by atoms with Crippen LogP contribution < -0.4 is 5.32 Å². The molecule has 0 aromatic carbocycles. The van der Waals surface area contributed by atoms with E-state index >= 15 is 0 Å². The van der Waals surface area contributed by atoms with Crippen LogP contribution in [0.1, 0.15) is 24.7 Å². The van der Waals surface area contributed by atoms with Crippen LogP contribution in [0.15, 0.2) is 4.52 Å². The highest BCUT2D eigenvalue weighted by Gasteiger charge is 2.24. The molecule has 2 rings (SSSR count). The van der Waals surface area contributed by atoms with Gasteiger partial charge in [-0.1, -0.05) is 5.16 Å². The van der Waals surface area contributed by atoms with Gasteiger partial charge in [0.2, 0.25) is 0 Å². The standard InChI is InChI=1S/C8H13N3O2.ClH/c1-5-3-9-4-7(12-5)8-10-6(2)11-13-8;/h5,7,9H,3-4H2,1-2H3;1H. The van der Waals surface area contributed by atoms with Crippen LogP contribution in [0, 0.1) is 6.92 Å². The van der Waals surface area contributed by atoms with Crippen LogP contribution in [0.4, 0.5) is 0 Å². The minimum atomic E-state index is -0.0926. The van der Waals surface area contributed by atoms with Crippen LogP contribution in [0.25, 0.3) is 0 Å². The Balaban J connectivity index is 0.000000980. The lowest BCUT2D eigenvalue weighted by Gasteiger charge is -2.25. The summed E-state index contributed by atoms with van der Waals surface area (Å²) in [6.45, 7) is 5.44. The predicted octanol–water partition coefficient (Wildman–Crippen LogP) is 0.849. The van der Waals surface area contributed by atoms with Crippen molar-refractivity contribution >= 4 is 12.4 Å². The molecule has 1 fully saturated rings. The lowest BCUT2D eigenvalue weighted by molar-refractivity contribution is -0.0438. The number of nitrogens with zero attached hydrogens (tertiary/aromatic N) is 2. The van der Waals surface area contributed by atoms with Crippen LogP contribution in [0.5, 0.6) is 0 Å². The van der Waals surface area contributed by atoms with Gasteiger partial charge in [0.05, 0.1) is 6.10 Å². The highest BCUT2D eigenvalue weighted by molar-refractivity contribution is 5.85. The minimum absolute atomic E-state index is 0. The summed E-state index contributed by atoms with van der Waals surface area (Å²) in [5.41, 5.74) is 0. The maximum absolute atomic E-state index is 5.63. The Hall–Kier alpha value is -0.650. The molecule has 14 heavy (non-hydrogen) atoms. The van der Waals surface area contributed by atoms with Gasteiger partial charge in [-0.25, -0.2) is 0 Å². The van der Waals surface area contributed by atoms with Crippen molar-refractivity contribution in [3.8, 4) is 0 Å². The van der Waals surface area contributed by atoms with Gasteiger partial charge in [-0.05, 0) is 13.8 Å². The Morgan fingerprint density at radius 3 is 2.79 bits per heavy atom. The summed E-state index contributed by atoms with van der Waals surface area (Å²) in [7, 11) is 0. The molecule has 6 heteroatoms. The number of aryl methyl sites for hydroxylation is 1. The minimum Gasteiger partial charge on any atom is -0.363 e. The normalized spacial score (nSPS) is 27.0. The highest BCUT2D eigenvalue weighted by Crippen LogP contribution is 2.18. The number of aromatic nitrogens is 2. The highest BCUT2D eigenvalue weighted by atomic mass is 35.5. The second-order valence-corrected chi connectivity index (χ2v) is 3.27. The third-order valence-corrected chi connectivity index (χ3v) is 1.98. The molecule has 0 spiro atoms. The summed E-state index contributed by atoms with van der Waals surface area (Å²) in [6.07, 6.45) is 0.107. The van der Waals surface area contributed by atoms with Gasteiger partial charge in [-0.2, -0.15) is 4.98 Å². The van der Waals surface area contributed by atoms with E-state index in [1.54, 1.807) is 6.92 Å². The number of ether oxygens (including phenoxy) is 1. The first kappa shape index (κ1) is 11.4. The van der Waals surface area contributed by atoms with Gasteiger partial charge in [-0.15, -0.1) is 12.4 Å². The maximum Gasteiger partial charge on any atom is 0.257 e. The summed E-state index contributed by atoms with van der Waals surface area (Å²) in [5, 5.41) is 6.96. The summed E-state index contributed by atoms with van der Waals surface area (Å²) < 4.78 is 10.7. The Labute approximate surface area is 88.6 Å². The molecule has 5 nitrogen and oxygen atoms in total. The first-order valence-electron chi connectivity index (χ1n) is 4.42. The van der Waals surface area contributed by atoms with Crippen LogP contribution in [-0.4, -0.2) is 29.3 Å². The molecular formula is C8H14ClN3O2. The Morgan fingerprint density at radius 1 is 1.43 bits per heavy atom. The van der Waals surface area contributed by atoms with Gasteiger partial charge in [0.15, 0.2) is 5.82 Å². The van der Waals surface area contributed by atoms with E-state index in [1.807, 2.05) is 6.92 Å². The summed E-state index contributed by atoms with van der Waals surface area (Å²) in [4.78, 5) is 4.13. The van der Waals surface area contributed by atoms with Crippen LogP contribution >= 0.6 is 12.4 Å². The quantitative estimate of drug-likeness (QED) is 0.759. The smallest absolute Gasteiger partial charge is 0.257 e. The Kier molecular flexibility index (Phi) is 3.86. The van der Waals surface area contributed by atoms with Crippen LogP contribution in [-0.2, 0) is 4.74 Å². The molecule has 2 atom stereocenters. The molecule has 2 heterocycles. The van der Waals surface area contributed by atoms with E-state index in [4.69, 9.17) is 9.26 Å². The molecule has 0 bridgehead atoms. The average Bonchev–Trinajstić information content (AvgIpc) is 2.52. The van der Waals surface area contributed by atoms with Gasteiger partial charge in [0.25, 0.3) is 5.89 Å². The molecule has 1 aliphatic heterocycles. The number of hydrogen-bond acceptors (Lipinski definition) is 5. The second kappa shape index (κ2) is 4.72. The molecule has 1 saturated heterocycles. The van der Waals surface area contributed by atoms with Crippen molar-refractivity contribution in [1.29, 1.82) is 0 Å². The Bertz CT molecular complexity index is 292. The van der Waals surface area contributed by atoms with E-state index < -0.39 is 0 Å². The molecular weight excluding hydrogens is 206 g/mol. The van der Waals surface area contributed by atoms with Crippen molar-refractivity contribution < 1.29 is 9.26 Å². The average molecular weight is 220 g/mol. The van der Waals surface area contributed by atoms with Gasteiger partial charge < -0.3 is 14.6 Å². The molecule has 0 aliphatic carbocycles. The van der Waals surface area contributed by atoms with Gasteiger partial charge in [-0.3, -0.25) is 0 Å². The fraction of sp³-hybridized carbons (Fsp3) is 0.750. The third kappa shape index (κ3) is 2.43. The number of rotatable bonds is 1. The molecule has 1 aromatic heterocycles. The number of hydrogen-bond donors (Lipinski definition) is 1. The van der Waals surface area contributed by atoms with Crippen molar-refractivity contribution in [2.75, 3.05) is 13.1 Å². The van der Waals surface area contributed by atoms with Crippen molar-refractivity contribution in [1.82, 2.24) is 15.5 Å². The molecule has 0 saturated carbocycles. The topological polar surface area (TPSA) is 60.2 Å². The largest absolute Gasteiger partial charge is 0.363 e. The van der Waals surface area contributed by atoms with Gasteiger partial charge in [0.1, 0.15) is 6.10 Å². The first-order chi connectivity index (χ1) is 6.25. The van der Waals surface area contributed by atoms with E-state index in [0.717, 1.165) is 13.1 Å². The number of nitrogens with one attached hydrogen (secondary N) is 1. The van der Waals surface area contributed by atoms with Crippen LogP contribution in [0.2, 0.25) is 0 Å². The summed E-state index contributed by atoms with van der Waals surface area (Å²) >= 11 is 0. The van der Waals surface area contributed by atoms with Crippen molar-refractivity contribution in [2.24, 2.45) is 0 Å². The first-order valence-corrected chi connectivity index (χ1v) is 4.42. The maximum atomic E-state index is 5.63. The monoisotopic (exact) mass is 219 g/mol. The fourth-order valence-corrected chi connectivity index (χ4v) is 1.38. The zero-order valence-electron chi connectivity index (χ0n) is 8.19. The van der Waals surface area contributed by atoms with Gasteiger partial charge in [0, 0.05) is 13.1 Å². The molecule has 1 aromatic rings. The van der Waals surface area contributed by atoms with E-state index in [9.17, 15) is 0 Å². The van der Waals surface area contributed by atoms with Gasteiger partial charge >= 0.3 is 0 Å². The van der Waals surface area contributed by atoms with Crippen molar-refractivity contribution in [2.45, 2.75) is 26.1 Å². The summed E-state index contributed by atoms with van der Waals surface area (Å²) in [5.74, 6) is 1.22. The van der Waals surface area contributed by atoms with E-state index in [0.29, 0.717) is 11.7 Å². The van der Waals surface area contributed by atoms with Crippen molar-refractivity contribution in [3.63, 3.8) is 0 Å². The SMILES string of the molecule is Cc1noc(C2CNCC(C)O2)n1.Cl. The van der Waals surface area contributed by atoms with E-state index in [2.05, 4.69) is 15.5 Å². The molecule has 1 N–H and O–H groups in total. The molecule has 1 aliphatic rings. The summed E-state index contributed by atoms with van der Waals surface area (Å²) in [6, 6.07) is 0. The van der Waals surface area contributed by atoms with E-state index in [1.165, 1.54) is 0 Å². The lowest BCUT2D eigenvalue weighted by Crippen LogP contribution is -2.39. The molecule has 0 radical (unpaired) electrons. The Morgan fingerprint density at radius 2 is 2.21 bits per heavy atom. The molecule has 0 amide bonds. The zero-order chi connectivity index (χ0) is 9.26. The van der Waals surface area contributed by atoms with Crippen molar-refractivity contribution in [3.05, 3.63) is 11.7 Å². The van der Waals surface area contributed by atoms with Crippen LogP contribution in [0.3, 0.4) is 0 Å². The zero-order valence-corrected chi connectivity index (χ0v) is 9.00. The molecule has 2 unspecified atom stereocenters. The lowest BCUT2D eigenvalue weighted by atomic mass is 10.2.